The molecule has 18 heavy (non-hydrogen) atoms. The van der Waals surface area contributed by atoms with Gasteiger partial charge in [-0.1, -0.05) is 30.3 Å². The maximum absolute atomic E-state index is 11.4. The maximum Gasteiger partial charge on any atom is 0.407 e. The highest BCUT2D eigenvalue weighted by Gasteiger charge is 2.11. The summed E-state index contributed by atoms with van der Waals surface area (Å²) in [6.45, 7) is 0.481. The Morgan fingerprint density at radius 2 is 2.06 bits per heavy atom. The van der Waals surface area contributed by atoms with E-state index in [1.54, 1.807) is 0 Å². The summed E-state index contributed by atoms with van der Waals surface area (Å²) in [5, 5.41) is 11.5. The highest BCUT2D eigenvalue weighted by atomic mass is 35.5. The van der Waals surface area contributed by atoms with E-state index in [9.17, 15) is 4.79 Å². The van der Waals surface area contributed by atoms with Crippen molar-refractivity contribution < 1.29 is 14.6 Å². The van der Waals surface area contributed by atoms with Crippen LogP contribution in [0.3, 0.4) is 0 Å². The number of hydrogen-bond acceptors (Lipinski definition) is 4. The number of ether oxygens (including phenoxy) is 1. The van der Waals surface area contributed by atoms with Gasteiger partial charge in [0.05, 0.1) is 12.6 Å². The van der Waals surface area contributed by atoms with E-state index in [4.69, 9.17) is 15.6 Å². The van der Waals surface area contributed by atoms with E-state index in [-0.39, 0.29) is 31.7 Å². The van der Waals surface area contributed by atoms with Crippen molar-refractivity contribution in [1.29, 1.82) is 0 Å². The molecule has 0 bridgehead atoms. The van der Waals surface area contributed by atoms with E-state index in [0.717, 1.165) is 5.56 Å². The number of aliphatic hydroxyl groups excluding tert-OH is 1. The molecule has 4 N–H and O–H groups in total. The second-order valence-electron chi connectivity index (χ2n) is 3.66. The number of hydrogen-bond donors (Lipinski definition) is 3. The zero-order valence-corrected chi connectivity index (χ0v) is 10.9. The number of benzene rings is 1. The third-order valence-electron chi connectivity index (χ3n) is 2.27. The van der Waals surface area contributed by atoms with Crippen LogP contribution in [0, 0.1) is 0 Å². The summed E-state index contributed by atoms with van der Waals surface area (Å²) in [5.41, 5.74) is 6.26. The van der Waals surface area contributed by atoms with E-state index in [1.807, 2.05) is 30.3 Å². The number of aliphatic hydroxyl groups is 1. The Balaban J connectivity index is 0.00000289. The van der Waals surface area contributed by atoms with Gasteiger partial charge in [0.15, 0.2) is 0 Å². The molecule has 0 heterocycles. The average Bonchev–Trinajstić information content (AvgIpc) is 2.37. The fourth-order valence-corrected chi connectivity index (χ4v) is 1.34. The zero-order valence-electron chi connectivity index (χ0n) is 10.0. The number of halogens is 1. The van der Waals surface area contributed by atoms with Gasteiger partial charge in [-0.25, -0.2) is 4.79 Å². The second kappa shape index (κ2) is 9.70. The molecular formula is C12H19ClN2O3. The molecule has 1 amide bonds. The van der Waals surface area contributed by atoms with Crippen molar-refractivity contribution in [2.75, 3.05) is 13.2 Å². The van der Waals surface area contributed by atoms with Gasteiger partial charge in [-0.15, -0.1) is 12.4 Å². The summed E-state index contributed by atoms with van der Waals surface area (Å²) in [4.78, 5) is 11.4. The van der Waals surface area contributed by atoms with Crippen LogP contribution in [0.25, 0.3) is 0 Å². The molecule has 0 saturated heterocycles. The number of alkyl carbamates (subject to hydrolysis) is 1. The van der Waals surface area contributed by atoms with Crippen molar-refractivity contribution in [3.63, 3.8) is 0 Å². The van der Waals surface area contributed by atoms with Crippen molar-refractivity contribution in [1.82, 2.24) is 5.32 Å². The smallest absolute Gasteiger partial charge is 0.407 e. The molecule has 0 aliphatic rings. The van der Waals surface area contributed by atoms with Crippen LogP contribution in [0.2, 0.25) is 0 Å². The number of carbonyl (C=O) groups excluding carboxylic acids is 1. The largest absolute Gasteiger partial charge is 0.445 e. The molecule has 5 nitrogen and oxygen atoms in total. The van der Waals surface area contributed by atoms with Gasteiger partial charge in [-0.3, -0.25) is 0 Å². The molecule has 6 heteroatoms. The maximum atomic E-state index is 11.4. The van der Waals surface area contributed by atoms with Crippen LogP contribution >= 0.6 is 12.4 Å². The van der Waals surface area contributed by atoms with Crippen LogP contribution in [0.4, 0.5) is 4.79 Å². The summed E-state index contributed by atoms with van der Waals surface area (Å²) >= 11 is 0. The summed E-state index contributed by atoms with van der Waals surface area (Å²) in [5.74, 6) is 0. The lowest BCUT2D eigenvalue weighted by Gasteiger charge is -2.15. The van der Waals surface area contributed by atoms with Crippen LogP contribution in [0.1, 0.15) is 12.0 Å². The van der Waals surface area contributed by atoms with Gasteiger partial charge in [-0.05, 0) is 18.5 Å². The Kier molecular flexibility index (Phi) is 9.00. The quantitative estimate of drug-likeness (QED) is 0.724. The number of nitrogens with one attached hydrogen (secondary N) is 1. The molecule has 0 aliphatic carbocycles. The predicted molar refractivity (Wildman–Crippen MR) is 71.6 cm³/mol. The van der Waals surface area contributed by atoms with Crippen LogP contribution in [-0.4, -0.2) is 30.4 Å². The lowest BCUT2D eigenvalue weighted by Crippen LogP contribution is -2.39. The standard InChI is InChI=1S/C12H18N2O3.ClH/c13-7-6-11(8-15)14-12(16)17-9-10-4-2-1-3-5-10;/h1-5,11,15H,6-9,13H2,(H,14,16);1H/t11-;/m0./s1. The van der Waals surface area contributed by atoms with E-state index < -0.39 is 6.09 Å². The molecule has 1 rings (SSSR count). The van der Waals surface area contributed by atoms with Gasteiger partial charge in [0.25, 0.3) is 0 Å². The van der Waals surface area contributed by atoms with E-state index >= 15 is 0 Å². The number of rotatable bonds is 6. The first-order valence-corrected chi connectivity index (χ1v) is 5.54. The number of amides is 1. The monoisotopic (exact) mass is 274 g/mol. The Bertz CT molecular complexity index is 335. The molecule has 0 aliphatic heterocycles. The van der Waals surface area contributed by atoms with Gasteiger partial charge >= 0.3 is 6.09 Å². The topological polar surface area (TPSA) is 84.6 Å². The Morgan fingerprint density at radius 1 is 1.39 bits per heavy atom. The first kappa shape index (κ1) is 16.7. The first-order chi connectivity index (χ1) is 8.26. The highest BCUT2D eigenvalue weighted by molar-refractivity contribution is 5.85. The number of carbonyl (C=O) groups is 1. The van der Waals surface area contributed by atoms with Crippen LogP contribution < -0.4 is 11.1 Å². The highest BCUT2D eigenvalue weighted by Crippen LogP contribution is 2.01. The zero-order chi connectivity index (χ0) is 12.5. The van der Waals surface area contributed by atoms with Gasteiger partial charge in [-0.2, -0.15) is 0 Å². The fraction of sp³-hybridized carbons (Fsp3) is 0.417. The molecular weight excluding hydrogens is 256 g/mol. The van der Waals surface area contributed by atoms with Crippen LogP contribution in [0.5, 0.6) is 0 Å². The third kappa shape index (κ3) is 6.44. The van der Waals surface area contributed by atoms with Gasteiger partial charge in [0.1, 0.15) is 6.61 Å². The third-order valence-corrected chi connectivity index (χ3v) is 2.27. The molecule has 1 aromatic rings. The lowest BCUT2D eigenvalue weighted by molar-refractivity contribution is 0.128. The molecule has 102 valence electrons. The minimum atomic E-state index is -0.540. The molecule has 0 unspecified atom stereocenters. The van der Waals surface area contributed by atoms with E-state index in [2.05, 4.69) is 5.32 Å². The minimum Gasteiger partial charge on any atom is -0.445 e. The van der Waals surface area contributed by atoms with Crippen LogP contribution in [0.15, 0.2) is 30.3 Å². The van der Waals surface area contributed by atoms with Gasteiger partial charge in [0.2, 0.25) is 0 Å². The molecule has 1 atom stereocenters. The molecule has 1 aromatic carbocycles. The van der Waals surface area contributed by atoms with Crippen molar-refractivity contribution in [2.24, 2.45) is 5.73 Å². The van der Waals surface area contributed by atoms with Gasteiger partial charge < -0.3 is 20.9 Å². The summed E-state index contributed by atoms with van der Waals surface area (Å²) in [6.07, 6.45) is -0.0157. The Hall–Kier alpha value is -1.30. The van der Waals surface area contributed by atoms with Crippen molar-refractivity contribution in [2.45, 2.75) is 19.1 Å². The molecule has 0 aromatic heterocycles. The van der Waals surface area contributed by atoms with E-state index in [1.165, 1.54) is 0 Å². The minimum absolute atomic E-state index is 0. The van der Waals surface area contributed by atoms with Crippen molar-refractivity contribution in [3.05, 3.63) is 35.9 Å². The average molecular weight is 275 g/mol. The van der Waals surface area contributed by atoms with Crippen molar-refractivity contribution >= 4 is 18.5 Å². The molecule has 0 saturated carbocycles. The summed E-state index contributed by atoms with van der Waals surface area (Å²) < 4.78 is 5.00. The fourth-order valence-electron chi connectivity index (χ4n) is 1.34. The molecule has 0 radical (unpaired) electrons. The van der Waals surface area contributed by atoms with Gasteiger partial charge in [0, 0.05) is 0 Å². The first-order valence-electron chi connectivity index (χ1n) is 5.54. The number of nitrogens with two attached hydrogens (primary N) is 1. The summed E-state index contributed by atoms with van der Waals surface area (Å²) in [6, 6.07) is 9.05. The SMILES string of the molecule is Cl.NCC[C@@H](CO)NC(=O)OCc1ccccc1. The second-order valence-corrected chi connectivity index (χ2v) is 3.66. The predicted octanol–water partition coefficient (Wildman–Crippen LogP) is 1.04. The Morgan fingerprint density at radius 3 is 2.61 bits per heavy atom. The molecule has 0 spiro atoms. The summed E-state index contributed by atoms with van der Waals surface area (Å²) in [7, 11) is 0. The normalized spacial score (nSPS) is 11.2. The Labute approximate surface area is 113 Å². The van der Waals surface area contributed by atoms with Crippen LogP contribution in [-0.2, 0) is 11.3 Å². The van der Waals surface area contributed by atoms with Crippen molar-refractivity contribution in [3.8, 4) is 0 Å². The lowest BCUT2D eigenvalue weighted by atomic mass is 10.2. The van der Waals surface area contributed by atoms with E-state index in [0.29, 0.717) is 13.0 Å². The molecule has 0 fully saturated rings.